The van der Waals surface area contributed by atoms with Crippen molar-refractivity contribution in [2.75, 3.05) is 0 Å². The van der Waals surface area contributed by atoms with E-state index in [0.717, 1.165) is 23.4 Å². The number of hydrogen-bond acceptors (Lipinski definition) is 1. The van der Waals surface area contributed by atoms with E-state index in [1.165, 1.54) is 16.7 Å². The Morgan fingerprint density at radius 1 is 0.952 bits per heavy atom. The molecular weight excluding hydrogens is 544 g/mol. The van der Waals surface area contributed by atoms with Crippen molar-refractivity contribution in [3.05, 3.63) is 52.5 Å². The lowest BCUT2D eigenvalue weighted by Crippen LogP contribution is -2.06. The first-order chi connectivity index (χ1) is 9.85. The molecule has 2 aromatic carbocycles. The fourth-order valence-corrected chi connectivity index (χ4v) is 5.54. The van der Waals surface area contributed by atoms with E-state index in [0.29, 0.717) is 5.75 Å². The van der Waals surface area contributed by atoms with E-state index in [2.05, 4.69) is 73.9 Å². The third-order valence-corrected chi connectivity index (χ3v) is 8.17. The third kappa shape index (κ3) is 5.82. The average molecular weight is 558 g/mol. The summed E-state index contributed by atoms with van der Waals surface area (Å²) in [5.74, 6) is 0.325. The third-order valence-electron chi connectivity index (χ3n) is 3.15. The zero-order valence-corrected chi connectivity index (χ0v) is 18.5. The van der Waals surface area contributed by atoms with Crippen molar-refractivity contribution >= 4 is 65.7 Å². The van der Waals surface area contributed by atoms with Crippen molar-refractivity contribution in [1.29, 1.82) is 0 Å². The molecule has 1 N–H and O–H groups in total. The van der Waals surface area contributed by atoms with Crippen LogP contribution in [0.2, 0.25) is 6.04 Å². The van der Waals surface area contributed by atoms with Crippen molar-refractivity contribution in [1.82, 2.24) is 0 Å². The molecule has 21 heavy (non-hydrogen) atoms. The number of aryl methyl sites for hydroxylation is 1. The highest BCUT2D eigenvalue weighted by molar-refractivity contribution is 9.72. The molecule has 0 spiro atoms. The number of hydrogen-bond donors (Lipinski definition) is 1. The van der Waals surface area contributed by atoms with E-state index >= 15 is 0 Å². The second-order valence-corrected chi connectivity index (χ2v) is 29.2. The van der Waals surface area contributed by atoms with Crippen LogP contribution >= 0.6 is 61.8 Å². The highest BCUT2D eigenvalue weighted by Crippen LogP contribution is 2.35. The highest BCUT2D eigenvalue weighted by Gasteiger charge is 2.21. The second kappa shape index (κ2) is 7.77. The number of phenolic OH excluding ortho intramolecular Hbond substituents is 1. The summed E-state index contributed by atoms with van der Waals surface area (Å²) >= 11 is 14.4. The van der Waals surface area contributed by atoms with Crippen LogP contribution in [0.4, 0.5) is 0 Å². The minimum Gasteiger partial charge on any atom is -0.508 e. The van der Waals surface area contributed by atoms with E-state index in [-0.39, 0.29) is 0 Å². The molecule has 112 valence electrons. The van der Waals surface area contributed by atoms with E-state index in [1.54, 1.807) is 6.07 Å². The number of benzene rings is 2. The summed E-state index contributed by atoms with van der Waals surface area (Å²) < 4.78 is -0.490. The van der Waals surface area contributed by atoms with Gasteiger partial charge in [-0.2, -0.15) is 0 Å². The normalized spacial score (nSPS) is 11.6. The maximum absolute atomic E-state index is 9.76. The lowest BCUT2D eigenvalue weighted by molar-refractivity contribution is 0.474. The average Bonchev–Trinajstić information content (AvgIpc) is 2.39. The molecule has 2 aromatic rings. The zero-order chi connectivity index (χ0) is 15.5. The first-order valence-corrected chi connectivity index (χ1v) is 16.3. The first kappa shape index (κ1) is 17.7. The standard InChI is InChI=1S/C15H14Br4OSi/c16-13-5-3-11(4-6-13)15-8-7-14(20)10-12(15)2-1-9-21(17,18)19/h3-8,10,20H,1-2,9H2. The van der Waals surface area contributed by atoms with Gasteiger partial charge in [0.1, 0.15) is 5.75 Å². The van der Waals surface area contributed by atoms with Crippen molar-refractivity contribution < 1.29 is 5.11 Å². The molecule has 0 aliphatic heterocycles. The molecule has 0 amide bonds. The van der Waals surface area contributed by atoms with Crippen molar-refractivity contribution in [3.63, 3.8) is 0 Å². The molecule has 1 nitrogen and oxygen atoms in total. The van der Waals surface area contributed by atoms with Gasteiger partial charge in [-0.15, -0.1) is 0 Å². The molecular formula is C15H14Br4OSi. The van der Waals surface area contributed by atoms with Crippen molar-refractivity contribution in [2.45, 2.75) is 18.9 Å². The molecule has 0 unspecified atom stereocenters. The molecule has 0 atom stereocenters. The fraction of sp³-hybridized carbons (Fsp3) is 0.200. The van der Waals surface area contributed by atoms with Crippen LogP contribution in [-0.2, 0) is 6.42 Å². The van der Waals surface area contributed by atoms with Gasteiger partial charge in [0.15, 0.2) is 0 Å². The van der Waals surface area contributed by atoms with Crippen molar-refractivity contribution in [2.24, 2.45) is 0 Å². The summed E-state index contributed by atoms with van der Waals surface area (Å²) in [5, 5.41) is 9.76. The minimum atomic E-state index is -1.56. The Hall–Kier alpha value is 0.377. The van der Waals surface area contributed by atoms with E-state index in [1.807, 2.05) is 24.3 Å². The second-order valence-electron chi connectivity index (χ2n) is 4.82. The van der Waals surface area contributed by atoms with Gasteiger partial charge in [-0.1, -0.05) is 80.0 Å². The van der Waals surface area contributed by atoms with Gasteiger partial charge in [-0.05, 0) is 59.8 Å². The minimum absolute atomic E-state index is 0.325. The van der Waals surface area contributed by atoms with Gasteiger partial charge in [0, 0.05) is 4.47 Å². The molecule has 0 fully saturated rings. The number of rotatable bonds is 5. The number of aromatic hydroxyl groups is 1. The maximum Gasteiger partial charge on any atom is 0.267 e. The Morgan fingerprint density at radius 3 is 2.24 bits per heavy atom. The van der Waals surface area contributed by atoms with E-state index in [9.17, 15) is 5.11 Å². The summed E-state index contributed by atoms with van der Waals surface area (Å²) in [4.78, 5) is 0. The Balaban J connectivity index is 2.23. The van der Waals surface area contributed by atoms with Gasteiger partial charge >= 0.3 is 0 Å². The Bertz CT molecular complexity index is 608. The molecule has 0 radical (unpaired) electrons. The molecule has 2 rings (SSSR count). The molecule has 0 saturated heterocycles. The number of phenols is 1. The molecule has 0 aromatic heterocycles. The van der Waals surface area contributed by atoms with Gasteiger partial charge < -0.3 is 5.11 Å². The summed E-state index contributed by atoms with van der Waals surface area (Å²) in [6.45, 7) is 0. The van der Waals surface area contributed by atoms with E-state index < -0.39 is 3.93 Å². The zero-order valence-electron chi connectivity index (χ0n) is 11.1. The van der Waals surface area contributed by atoms with Gasteiger partial charge in [-0.25, -0.2) is 0 Å². The lowest BCUT2D eigenvalue weighted by atomic mass is 9.96. The van der Waals surface area contributed by atoms with Gasteiger partial charge in [0.2, 0.25) is 0 Å². The Morgan fingerprint density at radius 2 is 1.62 bits per heavy atom. The molecule has 0 bridgehead atoms. The summed E-state index contributed by atoms with van der Waals surface area (Å²) in [5.41, 5.74) is 3.54. The molecule has 0 heterocycles. The molecule has 6 heteroatoms. The van der Waals surface area contributed by atoms with Crippen LogP contribution in [0.3, 0.4) is 0 Å². The predicted octanol–water partition coefficient (Wildman–Crippen LogP) is 6.88. The topological polar surface area (TPSA) is 20.2 Å². The molecule has 0 saturated carbocycles. The van der Waals surface area contributed by atoms with Crippen LogP contribution < -0.4 is 0 Å². The summed E-state index contributed by atoms with van der Waals surface area (Å²) in [6.07, 6.45) is 2.00. The Kier molecular flexibility index (Phi) is 6.56. The van der Waals surface area contributed by atoms with Crippen LogP contribution in [-0.4, -0.2) is 9.04 Å². The maximum atomic E-state index is 9.76. The molecule has 0 aliphatic rings. The van der Waals surface area contributed by atoms with Gasteiger partial charge in [-0.3, -0.25) is 0 Å². The largest absolute Gasteiger partial charge is 0.508 e. The quantitative estimate of drug-likeness (QED) is 0.314. The van der Waals surface area contributed by atoms with Crippen molar-refractivity contribution in [3.8, 4) is 16.9 Å². The predicted molar refractivity (Wildman–Crippen MR) is 107 cm³/mol. The lowest BCUT2D eigenvalue weighted by Gasteiger charge is -2.13. The van der Waals surface area contributed by atoms with Gasteiger partial charge in [0.05, 0.1) is 0 Å². The fourth-order valence-electron chi connectivity index (χ4n) is 2.18. The van der Waals surface area contributed by atoms with Crippen LogP contribution in [0.5, 0.6) is 5.75 Å². The van der Waals surface area contributed by atoms with E-state index in [4.69, 9.17) is 0 Å². The summed E-state index contributed by atoms with van der Waals surface area (Å²) in [6, 6.07) is 15.0. The summed E-state index contributed by atoms with van der Waals surface area (Å²) in [7, 11) is 0. The van der Waals surface area contributed by atoms with Crippen LogP contribution in [0.25, 0.3) is 11.1 Å². The van der Waals surface area contributed by atoms with Gasteiger partial charge in [0.25, 0.3) is 3.93 Å². The van der Waals surface area contributed by atoms with Crippen LogP contribution in [0.1, 0.15) is 12.0 Å². The Labute approximate surface area is 158 Å². The SMILES string of the molecule is Oc1ccc(-c2ccc(Br)cc2)c(CCC[Si](Br)(Br)Br)c1. The first-order valence-electron chi connectivity index (χ1n) is 6.50. The molecule has 0 aliphatic carbocycles. The van der Waals surface area contributed by atoms with Crippen LogP contribution in [0, 0.1) is 0 Å². The van der Waals surface area contributed by atoms with Crippen LogP contribution in [0.15, 0.2) is 46.9 Å². The highest BCUT2D eigenvalue weighted by atomic mass is 80.0. The number of halogens is 4. The smallest absolute Gasteiger partial charge is 0.267 e. The monoisotopic (exact) mass is 554 g/mol.